The molecule has 0 unspecified atom stereocenters. The summed E-state index contributed by atoms with van der Waals surface area (Å²) in [6.07, 6.45) is 0.311. The molecule has 0 spiro atoms. The van der Waals surface area contributed by atoms with Crippen LogP contribution < -0.4 is 5.73 Å². The van der Waals surface area contributed by atoms with Gasteiger partial charge in [-0.15, -0.1) is 11.3 Å². The zero-order chi connectivity index (χ0) is 10.0. The summed E-state index contributed by atoms with van der Waals surface area (Å²) in [5.74, 6) is -0.999. The molecule has 0 aliphatic carbocycles. The summed E-state index contributed by atoms with van der Waals surface area (Å²) in [4.78, 5) is 11.3. The largest absolute Gasteiger partial charge is 0.480 e. The molecule has 0 bridgehead atoms. The predicted octanol–water partition coefficient (Wildman–Crippen LogP) is 2.12. The molecule has 1 aromatic rings. The van der Waals surface area contributed by atoms with Crippen molar-refractivity contribution in [2.75, 3.05) is 0 Å². The Morgan fingerprint density at radius 2 is 2.46 bits per heavy atom. The first-order valence-electron chi connectivity index (χ1n) is 3.43. The Morgan fingerprint density at radius 1 is 1.85 bits per heavy atom. The minimum Gasteiger partial charge on any atom is -0.480 e. The van der Waals surface area contributed by atoms with Crippen LogP contribution in [0.25, 0.3) is 0 Å². The number of aliphatic carboxylic acids is 1. The van der Waals surface area contributed by atoms with Crippen LogP contribution >= 0.6 is 38.9 Å². The Hall–Kier alpha value is -0.100. The highest BCUT2D eigenvalue weighted by atomic mass is 79.9. The van der Waals surface area contributed by atoms with Gasteiger partial charge in [-0.1, -0.05) is 11.6 Å². The van der Waals surface area contributed by atoms with Gasteiger partial charge >= 0.3 is 5.97 Å². The van der Waals surface area contributed by atoms with Crippen molar-refractivity contribution in [3.8, 4) is 0 Å². The van der Waals surface area contributed by atoms with Gasteiger partial charge in [-0.25, -0.2) is 0 Å². The summed E-state index contributed by atoms with van der Waals surface area (Å²) in [6.45, 7) is 0. The van der Waals surface area contributed by atoms with Gasteiger partial charge in [-0.2, -0.15) is 0 Å². The van der Waals surface area contributed by atoms with Crippen LogP contribution in [0.4, 0.5) is 0 Å². The standard InChI is InChI=1S/C7H7BrClNO2S/c8-4-1-3(13-6(4)9)2-5(10)7(11)12/h1,5H,2,10H2,(H,11,12)/t5-/m0/s1. The Kier molecular flexibility index (Phi) is 3.73. The van der Waals surface area contributed by atoms with Crippen LogP contribution in [0.15, 0.2) is 10.5 Å². The number of carbonyl (C=O) groups is 1. The molecule has 1 rings (SSSR count). The first kappa shape index (κ1) is 11.0. The molecule has 0 aromatic carbocycles. The van der Waals surface area contributed by atoms with E-state index in [9.17, 15) is 4.79 Å². The monoisotopic (exact) mass is 283 g/mol. The van der Waals surface area contributed by atoms with Crippen molar-refractivity contribution >= 4 is 44.8 Å². The Bertz CT molecular complexity index is 309. The summed E-state index contributed by atoms with van der Waals surface area (Å²) in [6, 6.07) is 0.928. The van der Waals surface area contributed by atoms with E-state index in [1.807, 2.05) is 0 Å². The SMILES string of the molecule is N[C@@H](Cc1cc(Br)c(Cl)s1)C(=O)O. The molecule has 0 aliphatic rings. The van der Waals surface area contributed by atoms with Crippen LogP contribution in [-0.2, 0) is 11.2 Å². The van der Waals surface area contributed by atoms with E-state index < -0.39 is 12.0 Å². The lowest BCUT2D eigenvalue weighted by Crippen LogP contribution is -2.31. The van der Waals surface area contributed by atoms with Crippen molar-refractivity contribution < 1.29 is 9.90 Å². The molecular weight excluding hydrogens is 278 g/mol. The minimum atomic E-state index is -0.999. The third kappa shape index (κ3) is 2.95. The highest BCUT2D eigenvalue weighted by Gasteiger charge is 2.14. The highest BCUT2D eigenvalue weighted by Crippen LogP contribution is 2.32. The molecule has 0 fully saturated rings. The molecule has 0 radical (unpaired) electrons. The van der Waals surface area contributed by atoms with Gasteiger partial charge in [0.2, 0.25) is 0 Å². The molecule has 3 N–H and O–H groups in total. The molecule has 0 amide bonds. The van der Waals surface area contributed by atoms with Crippen molar-refractivity contribution in [1.29, 1.82) is 0 Å². The third-order valence-corrected chi connectivity index (χ3v) is 3.93. The van der Waals surface area contributed by atoms with Crippen LogP contribution in [-0.4, -0.2) is 17.1 Å². The van der Waals surface area contributed by atoms with Crippen molar-refractivity contribution in [2.45, 2.75) is 12.5 Å². The third-order valence-electron chi connectivity index (χ3n) is 1.43. The van der Waals surface area contributed by atoms with Crippen LogP contribution in [0.3, 0.4) is 0 Å². The first-order chi connectivity index (χ1) is 6.00. The number of halogens is 2. The van der Waals surface area contributed by atoms with Crippen LogP contribution in [0.2, 0.25) is 4.34 Å². The lowest BCUT2D eigenvalue weighted by molar-refractivity contribution is -0.138. The number of carboxylic acid groups (broad SMARTS) is 1. The zero-order valence-corrected chi connectivity index (χ0v) is 9.62. The van der Waals surface area contributed by atoms with E-state index in [4.69, 9.17) is 22.4 Å². The maximum Gasteiger partial charge on any atom is 0.320 e. The van der Waals surface area contributed by atoms with E-state index in [1.165, 1.54) is 11.3 Å². The van der Waals surface area contributed by atoms with E-state index in [0.717, 1.165) is 9.35 Å². The van der Waals surface area contributed by atoms with E-state index in [-0.39, 0.29) is 0 Å². The average Bonchev–Trinajstić information content (AvgIpc) is 2.31. The van der Waals surface area contributed by atoms with Gasteiger partial charge in [-0.3, -0.25) is 4.79 Å². The zero-order valence-electron chi connectivity index (χ0n) is 6.46. The fraction of sp³-hybridized carbons (Fsp3) is 0.286. The fourth-order valence-corrected chi connectivity index (χ4v) is 2.64. The van der Waals surface area contributed by atoms with Crippen molar-refractivity contribution in [3.63, 3.8) is 0 Å². The summed E-state index contributed by atoms with van der Waals surface area (Å²) in [5, 5.41) is 8.55. The number of carboxylic acids is 1. The second-order valence-corrected chi connectivity index (χ2v) is 5.08. The lowest BCUT2D eigenvalue weighted by Gasteiger charge is -2.02. The lowest BCUT2D eigenvalue weighted by atomic mass is 10.2. The molecule has 13 heavy (non-hydrogen) atoms. The molecular formula is C7H7BrClNO2S. The number of thiophene rings is 1. The van der Waals surface area contributed by atoms with Gasteiger partial charge in [0.1, 0.15) is 10.4 Å². The number of hydrogen-bond acceptors (Lipinski definition) is 3. The number of hydrogen-bond donors (Lipinski definition) is 2. The van der Waals surface area contributed by atoms with Gasteiger partial charge in [0, 0.05) is 15.8 Å². The van der Waals surface area contributed by atoms with Gasteiger partial charge in [0.05, 0.1) is 0 Å². The second kappa shape index (κ2) is 4.41. The number of nitrogens with two attached hydrogens (primary N) is 1. The van der Waals surface area contributed by atoms with Crippen molar-refractivity contribution in [1.82, 2.24) is 0 Å². The molecule has 0 saturated carbocycles. The summed E-state index contributed by atoms with van der Waals surface area (Å²) >= 11 is 10.3. The quantitative estimate of drug-likeness (QED) is 0.893. The van der Waals surface area contributed by atoms with E-state index in [2.05, 4.69) is 15.9 Å². The topological polar surface area (TPSA) is 63.3 Å². The Balaban J connectivity index is 2.69. The highest BCUT2D eigenvalue weighted by molar-refractivity contribution is 9.10. The molecule has 0 aliphatic heterocycles. The molecule has 3 nitrogen and oxygen atoms in total. The molecule has 1 aromatic heterocycles. The van der Waals surface area contributed by atoms with Gasteiger partial charge in [0.15, 0.2) is 0 Å². The van der Waals surface area contributed by atoms with Gasteiger partial charge in [-0.05, 0) is 22.0 Å². The van der Waals surface area contributed by atoms with E-state index >= 15 is 0 Å². The van der Waals surface area contributed by atoms with Gasteiger partial charge < -0.3 is 10.8 Å². The maximum atomic E-state index is 10.4. The predicted molar refractivity (Wildman–Crippen MR) is 56.3 cm³/mol. The summed E-state index contributed by atoms with van der Waals surface area (Å²) in [5.41, 5.74) is 5.36. The minimum absolute atomic E-state index is 0.311. The normalized spacial score (nSPS) is 12.8. The van der Waals surface area contributed by atoms with Gasteiger partial charge in [0.25, 0.3) is 0 Å². The molecule has 6 heteroatoms. The van der Waals surface area contributed by atoms with Crippen LogP contribution in [0.1, 0.15) is 4.88 Å². The van der Waals surface area contributed by atoms with Crippen molar-refractivity contribution in [2.24, 2.45) is 5.73 Å². The molecule has 72 valence electrons. The first-order valence-corrected chi connectivity index (χ1v) is 5.41. The maximum absolute atomic E-state index is 10.4. The average molecular weight is 285 g/mol. The molecule has 1 heterocycles. The Morgan fingerprint density at radius 3 is 2.85 bits per heavy atom. The van der Waals surface area contributed by atoms with E-state index in [0.29, 0.717) is 10.8 Å². The molecule has 0 saturated heterocycles. The number of rotatable bonds is 3. The fourth-order valence-electron chi connectivity index (χ4n) is 0.796. The van der Waals surface area contributed by atoms with Crippen molar-refractivity contribution in [3.05, 3.63) is 19.8 Å². The van der Waals surface area contributed by atoms with E-state index in [1.54, 1.807) is 6.07 Å². The molecule has 1 atom stereocenters. The van der Waals surface area contributed by atoms with Crippen LogP contribution in [0.5, 0.6) is 0 Å². The second-order valence-electron chi connectivity index (χ2n) is 2.48. The van der Waals surface area contributed by atoms with Crippen LogP contribution in [0, 0.1) is 0 Å². The Labute approximate surface area is 92.6 Å². The summed E-state index contributed by atoms with van der Waals surface area (Å²) < 4.78 is 1.40. The smallest absolute Gasteiger partial charge is 0.320 e. The summed E-state index contributed by atoms with van der Waals surface area (Å²) in [7, 11) is 0.